The molecule has 4 rings (SSSR count). The van der Waals surface area contributed by atoms with Crippen molar-refractivity contribution in [2.45, 2.75) is 5.03 Å². The number of nitrogens with zero attached hydrogens (tertiary/aromatic N) is 1. The Labute approximate surface area is 162 Å². The molecule has 0 fully saturated rings. The molecule has 1 N–H and O–H groups in total. The molecule has 0 saturated heterocycles. The number of nitrogens with one attached hydrogen (secondary N) is 1. The maximum absolute atomic E-state index is 12.5. The first-order valence-electron chi connectivity index (χ1n) is 8.72. The number of aromatic nitrogens is 1. The Morgan fingerprint density at radius 3 is 2.44 bits per heavy atom. The Morgan fingerprint density at radius 1 is 0.815 bits per heavy atom. The van der Waals surface area contributed by atoms with Gasteiger partial charge in [-0.25, -0.2) is 4.98 Å². The molecule has 0 radical (unpaired) electrons. The second-order valence-corrected chi connectivity index (χ2v) is 7.09. The molecule has 0 aliphatic carbocycles. The fraction of sp³-hybridized carbons (Fsp3) is 0.0435. The lowest BCUT2D eigenvalue weighted by Gasteiger charge is -2.11. The minimum atomic E-state index is -0.0432. The molecular weight excluding hydrogens is 352 g/mol. The summed E-state index contributed by atoms with van der Waals surface area (Å²) in [7, 11) is 0. The van der Waals surface area contributed by atoms with Crippen molar-refractivity contribution in [2.24, 2.45) is 0 Å². The molecule has 1 amide bonds. The van der Waals surface area contributed by atoms with Crippen LogP contribution in [0, 0.1) is 0 Å². The molecule has 4 aromatic rings. The first-order chi connectivity index (χ1) is 13.3. The molecule has 0 unspecified atom stereocenters. The third-order valence-corrected chi connectivity index (χ3v) is 5.14. The van der Waals surface area contributed by atoms with Gasteiger partial charge >= 0.3 is 0 Å². The van der Waals surface area contributed by atoms with Gasteiger partial charge in [-0.15, -0.1) is 0 Å². The minimum Gasteiger partial charge on any atom is -0.325 e. The van der Waals surface area contributed by atoms with E-state index in [9.17, 15) is 4.79 Å². The standard InChI is InChI=1S/C23H18N2OS/c26-22(16-27-23-15-14-18-10-4-6-12-20(18)25-23)24-21-13-7-5-11-19(21)17-8-2-1-3-9-17/h1-15H,16H2,(H,24,26). The molecule has 0 aliphatic rings. The molecule has 0 bridgehead atoms. The van der Waals surface area contributed by atoms with Crippen molar-refractivity contribution in [1.29, 1.82) is 0 Å². The molecular formula is C23H18N2OS. The number of carbonyl (C=O) groups excluding carboxylic acids is 1. The summed E-state index contributed by atoms with van der Waals surface area (Å²) in [6.07, 6.45) is 0. The van der Waals surface area contributed by atoms with Gasteiger partial charge in [-0.1, -0.05) is 84.6 Å². The van der Waals surface area contributed by atoms with Crippen LogP contribution in [0.25, 0.3) is 22.0 Å². The van der Waals surface area contributed by atoms with Crippen molar-refractivity contribution >= 4 is 34.3 Å². The number of amides is 1. The van der Waals surface area contributed by atoms with E-state index in [1.165, 1.54) is 11.8 Å². The van der Waals surface area contributed by atoms with E-state index in [2.05, 4.69) is 10.3 Å². The number of hydrogen-bond acceptors (Lipinski definition) is 3. The highest BCUT2D eigenvalue weighted by atomic mass is 32.2. The van der Waals surface area contributed by atoms with Crippen molar-refractivity contribution in [3.63, 3.8) is 0 Å². The van der Waals surface area contributed by atoms with Gasteiger partial charge < -0.3 is 5.32 Å². The predicted octanol–water partition coefficient (Wildman–Crippen LogP) is 5.63. The molecule has 3 nitrogen and oxygen atoms in total. The number of hydrogen-bond donors (Lipinski definition) is 1. The Kier molecular flexibility index (Phi) is 5.17. The fourth-order valence-electron chi connectivity index (χ4n) is 2.92. The van der Waals surface area contributed by atoms with Crippen LogP contribution in [0.5, 0.6) is 0 Å². The minimum absolute atomic E-state index is 0.0432. The zero-order valence-corrected chi connectivity index (χ0v) is 15.4. The Balaban J connectivity index is 1.45. The van der Waals surface area contributed by atoms with Crippen LogP contribution in [0.1, 0.15) is 0 Å². The molecule has 4 heteroatoms. The van der Waals surface area contributed by atoms with Crippen LogP contribution in [0.2, 0.25) is 0 Å². The second kappa shape index (κ2) is 8.06. The van der Waals surface area contributed by atoms with E-state index in [4.69, 9.17) is 0 Å². The number of benzene rings is 3. The van der Waals surface area contributed by atoms with Crippen LogP contribution in [-0.4, -0.2) is 16.6 Å². The second-order valence-electron chi connectivity index (χ2n) is 6.09. The summed E-state index contributed by atoms with van der Waals surface area (Å²) in [4.78, 5) is 17.1. The van der Waals surface area contributed by atoms with Crippen molar-refractivity contribution in [1.82, 2.24) is 4.98 Å². The fourth-order valence-corrected chi connectivity index (χ4v) is 3.59. The number of pyridine rings is 1. The zero-order chi connectivity index (χ0) is 18.5. The van der Waals surface area contributed by atoms with E-state index in [-0.39, 0.29) is 5.91 Å². The van der Waals surface area contributed by atoms with Crippen LogP contribution >= 0.6 is 11.8 Å². The van der Waals surface area contributed by atoms with Crippen molar-refractivity contribution in [3.8, 4) is 11.1 Å². The molecule has 0 aliphatic heterocycles. The predicted molar refractivity (Wildman–Crippen MR) is 113 cm³/mol. The van der Waals surface area contributed by atoms with Gasteiger partial charge in [-0.05, 0) is 23.8 Å². The van der Waals surface area contributed by atoms with E-state index >= 15 is 0 Å². The third kappa shape index (κ3) is 4.18. The lowest BCUT2D eigenvalue weighted by atomic mass is 10.0. The highest BCUT2D eigenvalue weighted by Gasteiger charge is 2.09. The highest BCUT2D eigenvalue weighted by Crippen LogP contribution is 2.28. The van der Waals surface area contributed by atoms with Gasteiger partial charge in [-0.2, -0.15) is 0 Å². The largest absolute Gasteiger partial charge is 0.325 e. The van der Waals surface area contributed by atoms with Crippen LogP contribution in [0.4, 0.5) is 5.69 Å². The van der Waals surface area contributed by atoms with Crippen LogP contribution in [-0.2, 0) is 4.79 Å². The SMILES string of the molecule is O=C(CSc1ccc2ccccc2n1)Nc1ccccc1-c1ccccc1. The topological polar surface area (TPSA) is 42.0 Å². The van der Waals surface area contributed by atoms with Gasteiger partial charge in [0.15, 0.2) is 0 Å². The molecule has 1 heterocycles. The lowest BCUT2D eigenvalue weighted by molar-refractivity contribution is -0.113. The summed E-state index contributed by atoms with van der Waals surface area (Å²) in [5.74, 6) is 0.271. The van der Waals surface area contributed by atoms with Gasteiger partial charge in [0.1, 0.15) is 0 Å². The molecule has 0 saturated carbocycles. The van der Waals surface area contributed by atoms with Crippen molar-refractivity contribution in [3.05, 3.63) is 91.0 Å². The summed E-state index contributed by atoms with van der Waals surface area (Å²) in [5.41, 5.74) is 3.86. The number of anilines is 1. The first-order valence-corrected chi connectivity index (χ1v) is 9.71. The van der Waals surface area contributed by atoms with E-state index in [1.54, 1.807) is 0 Å². The average molecular weight is 370 g/mol. The van der Waals surface area contributed by atoms with E-state index in [1.807, 2.05) is 91.0 Å². The molecule has 0 atom stereocenters. The van der Waals surface area contributed by atoms with Gasteiger partial charge in [0.25, 0.3) is 0 Å². The summed E-state index contributed by atoms with van der Waals surface area (Å²) in [6.45, 7) is 0. The maximum Gasteiger partial charge on any atom is 0.234 e. The molecule has 0 spiro atoms. The highest BCUT2D eigenvalue weighted by molar-refractivity contribution is 7.99. The van der Waals surface area contributed by atoms with Crippen LogP contribution in [0.3, 0.4) is 0 Å². The van der Waals surface area contributed by atoms with Gasteiger partial charge in [0, 0.05) is 16.6 Å². The molecule has 27 heavy (non-hydrogen) atoms. The smallest absolute Gasteiger partial charge is 0.234 e. The summed E-state index contributed by atoms with van der Waals surface area (Å²) in [6, 6.07) is 29.9. The summed E-state index contributed by atoms with van der Waals surface area (Å²) < 4.78 is 0. The van der Waals surface area contributed by atoms with E-state index in [0.29, 0.717) is 5.75 Å². The monoisotopic (exact) mass is 370 g/mol. The van der Waals surface area contributed by atoms with Crippen molar-refractivity contribution < 1.29 is 4.79 Å². The van der Waals surface area contributed by atoms with E-state index in [0.717, 1.165) is 32.7 Å². The Hall–Kier alpha value is -3.11. The number of thioether (sulfide) groups is 1. The zero-order valence-electron chi connectivity index (χ0n) is 14.6. The van der Waals surface area contributed by atoms with Crippen molar-refractivity contribution in [2.75, 3.05) is 11.1 Å². The Morgan fingerprint density at radius 2 is 1.56 bits per heavy atom. The molecule has 3 aromatic carbocycles. The van der Waals surface area contributed by atoms with E-state index < -0.39 is 0 Å². The lowest BCUT2D eigenvalue weighted by Crippen LogP contribution is -2.14. The number of rotatable bonds is 5. The summed E-state index contributed by atoms with van der Waals surface area (Å²) >= 11 is 1.44. The molecule has 1 aromatic heterocycles. The third-order valence-electron chi connectivity index (χ3n) is 4.21. The average Bonchev–Trinajstić information content (AvgIpc) is 2.73. The van der Waals surface area contributed by atoms with Crippen LogP contribution in [0.15, 0.2) is 96.0 Å². The number of fused-ring (bicyclic) bond motifs is 1. The first kappa shape index (κ1) is 17.3. The van der Waals surface area contributed by atoms with Gasteiger partial charge in [0.2, 0.25) is 5.91 Å². The molecule has 132 valence electrons. The van der Waals surface area contributed by atoms with Crippen LogP contribution < -0.4 is 5.32 Å². The number of carbonyl (C=O) groups is 1. The quantitative estimate of drug-likeness (QED) is 0.463. The van der Waals surface area contributed by atoms with Gasteiger partial charge in [0.05, 0.1) is 16.3 Å². The Bertz CT molecular complexity index is 1080. The summed E-state index contributed by atoms with van der Waals surface area (Å²) in [5, 5.41) is 4.98. The normalized spacial score (nSPS) is 10.7. The number of para-hydroxylation sites is 2. The van der Waals surface area contributed by atoms with Gasteiger partial charge in [-0.3, -0.25) is 4.79 Å². The maximum atomic E-state index is 12.5.